The highest BCUT2D eigenvalue weighted by molar-refractivity contribution is 7.86. The fourth-order valence-corrected chi connectivity index (χ4v) is 2.56. The van der Waals surface area contributed by atoms with Crippen LogP contribution in [-0.4, -0.2) is 37.0 Å². The van der Waals surface area contributed by atoms with E-state index in [4.69, 9.17) is 5.14 Å². The second-order valence-corrected chi connectivity index (χ2v) is 5.71. The van der Waals surface area contributed by atoms with Crippen LogP contribution in [0.4, 0.5) is 0 Å². The third-order valence-corrected chi connectivity index (χ3v) is 3.85. The van der Waals surface area contributed by atoms with Crippen molar-refractivity contribution in [3.63, 3.8) is 0 Å². The van der Waals surface area contributed by atoms with Crippen molar-refractivity contribution in [1.29, 1.82) is 0 Å². The highest BCUT2D eigenvalue weighted by Crippen LogP contribution is 2.24. The Balaban J connectivity index is 2.72. The van der Waals surface area contributed by atoms with Crippen LogP contribution >= 0.6 is 0 Å². The van der Waals surface area contributed by atoms with Gasteiger partial charge in [0.15, 0.2) is 0 Å². The van der Waals surface area contributed by atoms with E-state index in [9.17, 15) is 13.5 Å². The molecule has 0 radical (unpaired) electrons. The van der Waals surface area contributed by atoms with Gasteiger partial charge in [-0.15, -0.1) is 0 Å². The van der Waals surface area contributed by atoms with Gasteiger partial charge in [-0.2, -0.15) is 12.7 Å². The molecule has 1 heterocycles. The number of aliphatic hydroxyl groups excluding tert-OH is 1. The first kappa shape index (κ1) is 11.9. The van der Waals surface area contributed by atoms with Gasteiger partial charge in [-0.1, -0.05) is 13.8 Å². The van der Waals surface area contributed by atoms with Crippen molar-refractivity contribution in [2.75, 3.05) is 13.1 Å². The van der Waals surface area contributed by atoms with Gasteiger partial charge in [0.1, 0.15) is 0 Å². The topological polar surface area (TPSA) is 83.6 Å². The monoisotopic (exact) mass is 222 g/mol. The maximum absolute atomic E-state index is 11.1. The van der Waals surface area contributed by atoms with Gasteiger partial charge in [0.05, 0.1) is 6.10 Å². The lowest BCUT2D eigenvalue weighted by atomic mass is 9.86. The molecule has 14 heavy (non-hydrogen) atoms. The summed E-state index contributed by atoms with van der Waals surface area (Å²) in [6.07, 6.45) is 0.0622. The van der Waals surface area contributed by atoms with E-state index in [0.29, 0.717) is 19.5 Å². The molecule has 0 aromatic rings. The van der Waals surface area contributed by atoms with Crippen molar-refractivity contribution in [3.05, 3.63) is 0 Å². The van der Waals surface area contributed by atoms with Crippen molar-refractivity contribution < 1.29 is 13.5 Å². The van der Waals surface area contributed by atoms with Gasteiger partial charge in [0.2, 0.25) is 0 Å². The van der Waals surface area contributed by atoms with E-state index in [-0.39, 0.29) is 11.8 Å². The van der Waals surface area contributed by atoms with Gasteiger partial charge in [0, 0.05) is 19.0 Å². The zero-order valence-electron chi connectivity index (χ0n) is 8.55. The molecule has 1 saturated heterocycles. The maximum Gasteiger partial charge on any atom is 0.276 e. The Bertz CT molecular complexity index is 289. The Morgan fingerprint density at radius 2 is 2.07 bits per heavy atom. The van der Waals surface area contributed by atoms with Crippen LogP contribution in [0.25, 0.3) is 0 Å². The number of hydrogen-bond acceptors (Lipinski definition) is 3. The summed E-state index contributed by atoms with van der Waals surface area (Å²) in [5, 5.41) is 14.7. The van der Waals surface area contributed by atoms with Crippen LogP contribution in [0.15, 0.2) is 0 Å². The van der Waals surface area contributed by atoms with E-state index >= 15 is 0 Å². The number of aliphatic hydroxyl groups is 1. The van der Waals surface area contributed by atoms with Crippen molar-refractivity contribution in [1.82, 2.24) is 4.31 Å². The average molecular weight is 222 g/mol. The van der Waals surface area contributed by atoms with Crippen molar-refractivity contribution >= 4 is 10.2 Å². The molecule has 1 rings (SSSR count). The summed E-state index contributed by atoms with van der Waals surface area (Å²) in [5.74, 6) is 0.247. The fraction of sp³-hybridized carbons (Fsp3) is 1.00. The molecule has 6 heteroatoms. The largest absolute Gasteiger partial charge is 0.393 e. The standard InChI is InChI=1S/C8H18N2O3S/c1-6(2)7-5-10(14(9,12)13)4-3-8(7)11/h6-8,11H,3-5H2,1-2H3,(H2,9,12,13). The van der Waals surface area contributed by atoms with Gasteiger partial charge in [-0.3, -0.25) is 0 Å². The predicted molar refractivity (Wildman–Crippen MR) is 53.6 cm³/mol. The van der Waals surface area contributed by atoms with Crippen molar-refractivity contribution in [3.8, 4) is 0 Å². The summed E-state index contributed by atoms with van der Waals surface area (Å²) in [4.78, 5) is 0. The lowest BCUT2D eigenvalue weighted by Crippen LogP contribution is -2.49. The molecule has 84 valence electrons. The Kier molecular flexibility index (Phi) is 3.52. The molecule has 2 unspecified atom stereocenters. The number of nitrogens with two attached hydrogens (primary N) is 1. The quantitative estimate of drug-likeness (QED) is 0.662. The predicted octanol–water partition coefficient (Wildman–Crippen LogP) is -0.471. The Hall–Kier alpha value is -0.170. The highest BCUT2D eigenvalue weighted by atomic mass is 32.2. The van der Waals surface area contributed by atoms with Crippen LogP contribution < -0.4 is 5.14 Å². The zero-order chi connectivity index (χ0) is 10.9. The highest BCUT2D eigenvalue weighted by Gasteiger charge is 2.33. The van der Waals surface area contributed by atoms with E-state index in [2.05, 4.69) is 0 Å². The molecule has 2 atom stereocenters. The zero-order valence-corrected chi connectivity index (χ0v) is 9.37. The SMILES string of the molecule is CC(C)C1CN(S(N)(=O)=O)CCC1O. The van der Waals surface area contributed by atoms with Crippen LogP contribution in [0.5, 0.6) is 0 Å². The number of hydrogen-bond donors (Lipinski definition) is 2. The van der Waals surface area contributed by atoms with E-state index in [0.717, 1.165) is 0 Å². The Labute approximate surface area is 85.1 Å². The first-order valence-corrected chi connectivity index (χ1v) is 6.28. The minimum atomic E-state index is -3.59. The van der Waals surface area contributed by atoms with Crippen LogP contribution in [-0.2, 0) is 10.2 Å². The molecule has 0 spiro atoms. The molecule has 3 N–H and O–H groups in total. The molecule has 0 aliphatic carbocycles. The minimum absolute atomic E-state index is 0.0120. The second-order valence-electron chi connectivity index (χ2n) is 4.17. The molecule has 0 amide bonds. The second kappa shape index (κ2) is 4.14. The third kappa shape index (κ3) is 2.66. The number of piperidine rings is 1. The molecule has 0 bridgehead atoms. The van der Waals surface area contributed by atoms with Crippen LogP contribution in [0.3, 0.4) is 0 Å². The molecular formula is C8H18N2O3S. The summed E-state index contributed by atoms with van der Waals surface area (Å²) in [6, 6.07) is 0. The minimum Gasteiger partial charge on any atom is -0.393 e. The first-order valence-electron chi connectivity index (χ1n) is 4.78. The third-order valence-electron chi connectivity index (χ3n) is 2.80. The molecule has 0 aromatic heterocycles. The van der Waals surface area contributed by atoms with E-state index in [1.807, 2.05) is 13.8 Å². The average Bonchev–Trinajstić information content (AvgIpc) is 2.02. The normalized spacial score (nSPS) is 30.9. The summed E-state index contributed by atoms with van der Waals surface area (Å²) in [7, 11) is -3.59. The molecule has 1 aliphatic rings. The van der Waals surface area contributed by atoms with E-state index in [1.54, 1.807) is 0 Å². The van der Waals surface area contributed by atoms with E-state index in [1.165, 1.54) is 4.31 Å². The Morgan fingerprint density at radius 3 is 2.50 bits per heavy atom. The Morgan fingerprint density at radius 1 is 1.50 bits per heavy atom. The van der Waals surface area contributed by atoms with Gasteiger partial charge < -0.3 is 5.11 Å². The maximum atomic E-state index is 11.1. The lowest BCUT2D eigenvalue weighted by molar-refractivity contribution is 0.0310. The summed E-state index contributed by atoms with van der Waals surface area (Å²) in [5.41, 5.74) is 0. The summed E-state index contributed by atoms with van der Waals surface area (Å²) >= 11 is 0. The van der Waals surface area contributed by atoms with Crippen LogP contribution in [0, 0.1) is 11.8 Å². The van der Waals surface area contributed by atoms with Crippen LogP contribution in [0.1, 0.15) is 20.3 Å². The van der Waals surface area contributed by atoms with Crippen LogP contribution in [0.2, 0.25) is 0 Å². The molecule has 0 aromatic carbocycles. The fourth-order valence-electron chi connectivity index (χ4n) is 1.82. The number of nitrogens with zero attached hydrogens (tertiary/aromatic N) is 1. The summed E-state index contributed by atoms with van der Waals surface area (Å²) in [6.45, 7) is 4.60. The van der Waals surface area contributed by atoms with Gasteiger partial charge in [-0.25, -0.2) is 5.14 Å². The van der Waals surface area contributed by atoms with Gasteiger partial charge in [-0.05, 0) is 12.3 Å². The lowest BCUT2D eigenvalue weighted by Gasteiger charge is -2.36. The van der Waals surface area contributed by atoms with Crippen molar-refractivity contribution in [2.24, 2.45) is 17.0 Å². The van der Waals surface area contributed by atoms with Gasteiger partial charge >= 0.3 is 0 Å². The summed E-state index contributed by atoms with van der Waals surface area (Å²) < 4.78 is 23.4. The number of rotatable bonds is 2. The molecule has 0 saturated carbocycles. The van der Waals surface area contributed by atoms with Crippen molar-refractivity contribution in [2.45, 2.75) is 26.4 Å². The first-order chi connectivity index (χ1) is 6.32. The molecule has 1 fully saturated rings. The van der Waals surface area contributed by atoms with Gasteiger partial charge in [0.25, 0.3) is 10.2 Å². The molecular weight excluding hydrogens is 204 g/mol. The molecule has 1 aliphatic heterocycles. The smallest absolute Gasteiger partial charge is 0.276 e. The van der Waals surface area contributed by atoms with E-state index < -0.39 is 16.3 Å². The molecule has 5 nitrogen and oxygen atoms in total.